The van der Waals surface area contributed by atoms with Crippen LogP contribution in [0.25, 0.3) is 5.69 Å². The number of aromatic nitrogens is 4. The molecular weight excluding hydrogens is 352 g/mol. The lowest BCUT2D eigenvalue weighted by molar-refractivity contribution is -0.384. The Bertz CT molecular complexity index is 855. The number of nitro groups is 1. The summed E-state index contributed by atoms with van der Waals surface area (Å²) in [5.74, 6) is 0.870. The minimum absolute atomic E-state index is 0.118. The molecule has 0 aliphatic rings. The molecule has 0 aliphatic heterocycles. The van der Waals surface area contributed by atoms with Crippen molar-refractivity contribution in [1.82, 2.24) is 25.5 Å². The summed E-state index contributed by atoms with van der Waals surface area (Å²) in [4.78, 5) is 10.4. The molecule has 1 aromatic heterocycles. The van der Waals surface area contributed by atoms with Crippen LogP contribution in [0, 0.1) is 10.1 Å². The van der Waals surface area contributed by atoms with Crippen molar-refractivity contribution in [2.75, 3.05) is 12.3 Å². The molecule has 26 heavy (non-hydrogen) atoms. The van der Waals surface area contributed by atoms with Gasteiger partial charge in [-0.1, -0.05) is 42.1 Å². The number of tetrazole rings is 1. The molecule has 8 nitrogen and oxygen atoms in total. The maximum Gasteiger partial charge on any atom is 0.269 e. The molecule has 2 aromatic carbocycles. The van der Waals surface area contributed by atoms with Crippen LogP contribution < -0.4 is 5.32 Å². The highest BCUT2D eigenvalue weighted by molar-refractivity contribution is 7.99. The Balaban J connectivity index is 1.41. The number of benzene rings is 2. The van der Waals surface area contributed by atoms with Gasteiger partial charge in [0.15, 0.2) is 0 Å². The van der Waals surface area contributed by atoms with Gasteiger partial charge in [0.25, 0.3) is 5.69 Å². The Labute approximate surface area is 154 Å². The lowest BCUT2D eigenvalue weighted by Crippen LogP contribution is -2.15. The van der Waals surface area contributed by atoms with Gasteiger partial charge < -0.3 is 5.32 Å². The van der Waals surface area contributed by atoms with Crippen LogP contribution >= 0.6 is 11.8 Å². The Kier molecular flexibility index (Phi) is 6.29. The summed E-state index contributed by atoms with van der Waals surface area (Å²) in [6, 6.07) is 16.4. The number of nitrogens with zero attached hydrogens (tertiary/aromatic N) is 5. The van der Waals surface area contributed by atoms with Crippen LogP contribution in [0.15, 0.2) is 59.8 Å². The zero-order valence-corrected chi connectivity index (χ0v) is 14.8. The van der Waals surface area contributed by atoms with Crippen LogP contribution in [0.5, 0.6) is 0 Å². The molecule has 0 fully saturated rings. The van der Waals surface area contributed by atoms with Crippen LogP contribution in [0.4, 0.5) is 5.69 Å². The Morgan fingerprint density at radius 1 is 1.15 bits per heavy atom. The van der Waals surface area contributed by atoms with E-state index in [0.717, 1.165) is 35.1 Å². The summed E-state index contributed by atoms with van der Waals surface area (Å²) in [6.07, 6.45) is 0.932. The van der Waals surface area contributed by atoms with Gasteiger partial charge in [-0.05, 0) is 41.1 Å². The molecule has 1 N–H and O–H groups in total. The first-order chi connectivity index (χ1) is 12.7. The molecule has 0 bridgehead atoms. The van der Waals surface area contributed by atoms with Crippen molar-refractivity contribution in [1.29, 1.82) is 0 Å². The van der Waals surface area contributed by atoms with Gasteiger partial charge in [-0.2, -0.15) is 4.68 Å². The zero-order chi connectivity index (χ0) is 18.2. The first-order valence-corrected chi connectivity index (χ1v) is 9.13. The average Bonchev–Trinajstić information content (AvgIpc) is 3.14. The zero-order valence-electron chi connectivity index (χ0n) is 14.0. The molecule has 0 saturated carbocycles. The fraction of sp³-hybridized carbons (Fsp3) is 0.235. The van der Waals surface area contributed by atoms with Gasteiger partial charge in [0.05, 0.1) is 10.6 Å². The number of para-hydroxylation sites is 1. The monoisotopic (exact) mass is 370 g/mol. The van der Waals surface area contributed by atoms with Crippen molar-refractivity contribution in [3.05, 3.63) is 70.3 Å². The quantitative estimate of drug-likeness (QED) is 0.268. The first-order valence-electron chi connectivity index (χ1n) is 8.15. The molecule has 0 aliphatic carbocycles. The molecule has 1 heterocycles. The van der Waals surface area contributed by atoms with Crippen molar-refractivity contribution in [3.8, 4) is 5.69 Å². The minimum atomic E-state index is -0.378. The van der Waals surface area contributed by atoms with Gasteiger partial charge in [0.2, 0.25) is 5.16 Å². The van der Waals surface area contributed by atoms with Crippen LogP contribution in [-0.2, 0) is 6.54 Å². The molecule has 0 unspecified atom stereocenters. The Morgan fingerprint density at radius 2 is 2.00 bits per heavy atom. The van der Waals surface area contributed by atoms with Gasteiger partial charge in [-0.25, -0.2) is 0 Å². The smallest absolute Gasteiger partial charge is 0.269 e. The lowest BCUT2D eigenvalue weighted by Gasteiger charge is -2.06. The lowest BCUT2D eigenvalue weighted by atomic mass is 10.2. The van der Waals surface area contributed by atoms with E-state index in [9.17, 15) is 10.1 Å². The highest BCUT2D eigenvalue weighted by atomic mass is 32.2. The van der Waals surface area contributed by atoms with E-state index in [0.29, 0.717) is 6.54 Å². The van der Waals surface area contributed by atoms with Crippen molar-refractivity contribution < 1.29 is 4.92 Å². The summed E-state index contributed by atoms with van der Waals surface area (Å²) in [7, 11) is 0. The molecule has 0 radical (unpaired) electrons. The van der Waals surface area contributed by atoms with Gasteiger partial charge in [0, 0.05) is 24.4 Å². The maximum atomic E-state index is 10.8. The van der Waals surface area contributed by atoms with E-state index in [1.54, 1.807) is 28.6 Å². The molecule has 3 rings (SSSR count). The number of hydrogen-bond acceptors (Lipinski definition) is 7. The second kappa shape index (κ2) is 9.07. The summed E-state index contributed by atoms with van der Waals surface area (Å²) in [6.45, 7) is 1.41. The SMILES string of the molecule is O=[N+]([O-])c1cccc(CNCCCSc2nnnn2-c2ccccc2)c1. The highest BCUT2D eigenvalue weighted by Gasteiger charge is 2.08. The molecule has 0 amide bonds. The second-order valence-corrected chi connectivity index (χ2v) is 6.58. The van der Waals surface area contributed by atoms with E-state index in [1.165, 1.54) is 6.07 Å². The second-order valence-electron chi connectivity index (χ2n) is 5.51. The van der Waals surface area contributed by atoms with Crippen LogP contribution in [-0.4, -0.2) is 37.4 Å². The van der Waals surface area contributed by atoms with E-state index in [-0.39, 0.29) is 10.6 Å². The number of nitro benzene ring substituents is 1. The van der Waals surface area contributed by atoms with Gasteiger partial charge in [-0.3, -0.25) is 10.1 Å². The fourth-order valence-electron chi connectivity index (χ4n) is 2.37. The molecule has 9 heteroatoms. The van der Waals surface area contributed by atoms with Crippen LogP contribution in [0.2, 0.25) is 0 Å². The van der Waals surface area contributed by atoms with Gasteiger partial charge in [-0.15, -0.1) is 5.10 Å². The van der Waals surface area contributed by atoms with E-state index in [2.05, 4.69) is 20.8 Å². The number of rotatable bonds is 9. The average molecular weight is 370 g/mol. The molecule has 0 saturated heterocycles. The third-order valence-electron chi connectivity index (χ3n) is 3.62. The maximum absolute atomic E-state index is 10.8. The molecular formula is C17H18N6O2S. The van der Waals surface area contributed by atoms with Gasteiger partial charge >= 0.3 is 0 Å². The largest absolute Gasteiger partial charge is 0.313 e. The highest BCUT2D eigenvalue weighted by Crippen LogP contribution is 2.18. The Morgan fingerprint density at radius 3 is 2.81 bits per heavy atom. The van der Waals surface area contributed by atoms with Crippen molar-refractivity contribution in [2.45, 2.75) is 18.1 Å². The number of nitrogens with one attached hydrogen (secondary N) is 1. The summed E-state index contributed by atoms with van der Waals surface area (Å²) in [5, 5.41) is 26.7. The van der Waals surface area contributed by atoms with E-state index >= 15 is 0 Å². The number of non-ortho nitro benzene ring substituents is 1. The summed E-state index contributed by atoms with van der Waals surface area (Å²) in [5.41, 5.74) is 1.95. The van der Waals surface area contributed by atoms with E-state index in [4.69, 9.17) is 0 Å². The third kappa shape index (κ3) is 4.87. The first kappa shape index (κ1) is 18.0. The fourth-order valence-corrected chi connectivity index (χ4v) is 3.20. The number of thioether (sulfide) groups is 1. The van der Waals surface area contributed by atoms with Crippen LogP contribution in [0.1, 0.15) is 12.0 Å². The van der Waals surface area contributed by atoms with E-state index < -0.39 is 0 Å². The Hall–Kier alpha value is -2.78. The van der Waals surface area contributed by atoms with Crippen molar-refractivity contribution in [2.24, 2.45) is 0 Å². The van der Waals surface area contributed by atoms with Crippen molar-refractivity contribution in [3.63, 3.8) is 0 Å². The number of hydrogen-bond donors (Lipinski definition) is 1. The summed E-state index contributed by atoms with van der Waals surface area (Å²) >= 11 is 1.60. The standard InChI is InChI=1S/C17H18N6O2S/c24-23(25)16-9-4-6-14(12-16)13-18-10-5-11-26-17-19-20-21-22(17)15-7-2-1-3-8-15/h1-4,6-9,12,18H,5,10-11,13H2. The molecule has 0 atom stereocenters. The molecule has 3 aromatic rings. The van der Waals surface area contributed by atoms with E-state index in [1.807, 2.05) is 36.4 Å². The topological polar surface area (TPSA) is 98.8 Å². The predicted molar refractivity (Wildman–Crippen MR) is 99.3 cm³/mol. The summed E-state index contributed by atoms with van der Waals surface area (Å²) < 4.78 is 1.72. The van der Waals surface area contributed by atoms with Gasteiger partial charge in [0.1, 0.15) is 0 Å². The van der Waals surface area contributed by atoms with Crippen LogP contribution in [0.3, 0.4) is 0 Å². The normalized spacial score (nSPS) is 10.8. The predicted octanol–water partition coefficient (Wildman–Crippen LogP) is 2.84. The minimum Gasteiger partial charge on any atom is -0.313 e. The molecule has 134 valence electrons. The molecule has 0 spiro atoms. The third-order valence-corrected chi connectivity index (χ3v) is 4.63. The van der Waals surface area contributed by atoms with Crippen molar-refractivity contribution >= 4 is 17.4 Å².